The largest absolute Gasteiger partial charge is 0.497 e. The first kappa shape index (κ1) is 15.0. The van der Waals surface area contributed by atoms with E-state index < -0.39 is 0 Å². The van der Waals surface area contributed by atoms with Crippen LogP contribution in [0.4, 0.5) is 0 Å². The number of benzene rings is 1. The third-order valence-corrected chi connectivity index (χ3v) is 2.85. The highest BCUT2D eigenvalue weighted by molar-refractivity contribution is 5.28. The summed E-state index contributed by atoms with van der Waals surface area (Å²) in [6, 6.07) is 8.18. The molecule has 102 valence electrons. The van der Waals surface area contributed by atoms with Gasteiger partial charge in [-0.15, -0.1) is 0 Å². The predicted molar refractivity (Wildman–Crippen MR) is 74.0 cm³/mol. The third kappa shape index (κ3) is 5.04. The molecule has 1 unspecified atom stereocenters. The molecular weight excluding hydrogens is 228 g/mol. The number of nitrogens with zero attached hydrogens (tertiary/aromatic N) is 1. The lowest BCUT2D eigenvalue weighted by Gasteiger charge is -2.20. The summed E-state index contributed by atoms with van der Waals surface area (Å²) in [6.07, 6.45) is -0.347. The topological polar surface area (TPSA) is 44.7 Å². The third-order valence-electron chi connectivity index (χ3n) is 2.85. The molecular formula is C14H24N2O2. The van der Waals surface area contributed by atoms with Gasteiger partial charge in [0.15, 0.2) is 0 Å². The van der Waals surface area contributed by atoms with E-state index in [1.807, 2.05) is 43.3 Å². The molecule has 0 fully saturated rings. The lowest BCUT2D eigenvalue weighted by Crippen LogP contribution is -2.36. The quantitative estimate of drug-likeness (QED) is 0.767. The molecule has 0 spiro atoms. The molecule has 0 bridgehead atoms. The molecule has 4 nitrogen and oxygen atoms in total. The molecule has 0 aliphatic heterocycles. The molecule has 2 atom stereocenters. The van der Waals surface area contributed by atoms with Crippen LogP contribution >= 0.6 is 0 Å². The van der Waals surface area contributed by atoms with Crippen molar-refractivity contribution < 1.29 is 9.84 Å². The minimum atomic E-state index is -0.347. The van der Waals surface area contributed by atoms with Crippen molar-refractivity contribution in [3.05, 3.63) is 29.8 Å². The van der Waals surface area contributed by atoms with Gasteiger partial charge in [0.2, 0.25) is 0 Å². The Hall–Kier alpha value is -1.10. The molecule has 1 aromatic rings. The maximum Gasteiger partial charge on any atom is 0.118 e. The van der Waals surface area contributed by atoms with Gasteiger partial charge in [0.25, 0.3) is 0 Å². The average molecular weight is 252 g/mol. The molecule has 4 heteroatoms. The van der Waals surface area contributed by atoms with Gasteiger partial charge in [0.05, 0.1) is 13.2 Å². The Balaban J connectivity index is 2.42. The van der Waals surface area contributed by atoms with E-state index in [0.29, 0.717) is 13.1 Å². The summed E-state index contributed by atoms with van der Waals surface area (Å²) in [5.74, 6) is 0.860. The molecule has 1 rings (SSSR count). The Kier molecular flexibility index (Phi) is 6.12. The van der Waals surface area contributed by atoms with Crippen molar-refractivity contribution in [3.63, 3.8) is 0 Å². The van der Waals surface area contributed by atoms with Gasteiger partial charge in [0.1, 0.15) is 5.75 Å². The summed E-state index contributed by atoms with van der Waals surface area (Å²) in [5, 5.41) is 13.1. The first-order valence-electron chi connectivity index (χ1n) is 6.23. The average Bonchev–Trinajstić information content (AvgIpc) is 2.35. The van der Waals surface area contributed by atoms with E-state index in [9.17, 15) is 5.11 Å². The number of likely N-dealkylation sites (N-methyl/N-ethyl adjacent to an activating group) is 1. The van der Waals surface area contributed by atoms with Crippen molar-refractivity contribution in [2.75, 3.05) is 34.3 Å². The Morgan fingerprint density at radius 3 is 2.39 bits per heavy atom. The lowest BCUT2D eigenvalue weighted by molar-refractivity contribution is 0.132. The molecule has 0 heterocycles. The Morgan fingerprint density at radius 1 is 1.28 bits per heavy atom. The van der Waals surface area contributed by atoms with Gasteiger partial charge in [-0.25, -0.2) is 0 Å². The zero-order chi connectivity index (χ0) is 13.5. The van der Waals surface area contributed by atoms with E-state index >= 15 is 0 Å². The fourth-order valence-corrected chi connectivity index (χ4v) is 1.81. The molecule has 0 aliphatic carbocycles. The van der Waals surface area contributed by atoms with E-state index in [1.165, 1.54) is 5.56 Å². The second-order valence-electron chi connectivity index (χ2n) is 4.82. The first-order chi connectivity index (χ1) is 8.52. The summed E-state index contributed by atoms with van der Waals surface area (Å²) < 4.78 is 5.12. The highest BCUT2D eigenvalue weighted by Gasteiger charge is 2.09. The number of rotatable bonds is 7. The summed E-state index contributed by atoms with van der Waals surface area (Å²) >= 11 is 0. The van der Waals surface area contributed by atoms with E-state index in [-0.39, 0.29) is 12.1 Å². The molecule has 0 saturated carbocycles. The standard InChI is InChI=1S/C14H24N2O2/c1-11(15-9-13(17)10-16(2)3)12-5-7-14(18-4)8-6-12/h5-8,11,13,15,17H,9-10H2,1-4H3/t11-,13?/m0/s1. The maximum atomic E-state index is 9.77. The van der Waals surface area contributed by atoms with E-state index in [1.54, 1.807) is 7.11 Å². The fraction of sp³-hybridized carbons (Fsp3) is 0.571. The summed E-state index contributed by atoms with van der Waals surface area (Å²) in [7, 11) is 5.57. The SMILES string of the molecule is COc1ccc([C@H](C)NCC(O)CN(C)C)cc1. The van der Waals surface area contributed by atoms with Crippen LogP contribution in [0.15, 0.2) is 24.3 Å². The number of hydrogen-bond donors (Lipinski definition) is 2. The van der Waals surface area contributed by atoms with Gasteiger partial charge in [-0.1, -0.05) is 12.1 Å². The smallest absolute Gasteiger partial charge is 0.118 e. The molecule has 0 aromatic heterocycles. The van der Waals surface area contributed by atoms with Crippen LogP contribution in [0, 0.1) is 0 Å². The molecule has 1 aromatic carbocycles. The van der Waals surface area contributed by atoms with Crippen molar-refractivity contribution in [1.82, 2.24) is 10.2 Å². The van der Waals surface area contributed by atoms with Gasteiger partial charge < -0.3 is 20.1 Å². The second kappa shape index (κ2) is 7.36. The molecule has 0 radical (unpaired) electrons. The van der Waals surface area contributed by atoms with Crippen molar-refractivity contribution in [2.45, 2.75) is 19.1 Å². The summed E-state index contributed by atoms with van der Waals surface area (Å²) in [4.78, 5) is 1.98. The monoisotopic (exact) mass is 252 g/mol. The zero-order valence-electron chi connectivity index (χ0n) is 11.7. The minimum Gasteiger partial charge on any atom is -0.497 e. The van der Waals surface area contributed by atoms with Gasteiger partial charge in [-0.2, -0.15) is 0 Å². The van der Waals surface area contributed by atoms with Crippen LogP contribution in [-0.4, -0.2) is 50.4 Å². The second-order valence-corrected chi connectivity index (χ2v) is 4.82. The van der Waals surface area contributed by atoms with Crippen LogP contribution in [0.2, 0.25) is 0 Å². The predicted octanol–water partition coefficient (Wildman–Crippen LogP) is 1.27. The molecule has 2 N–H and O–H groups in total. The van der Waals surface area contributed by atoms with Crippen molar-refractivity contribution in [2.24, 2.45) is 0 Å². The zero-order valence-corrected chi connectivity index (χ0v) is 11.7. The van der Waals surface area contributed by atoms with Crippen LogP contribution in [0.3, 0.4) is 0 Å². The maximum absolute atomic E-state index is 9.77. The van der Waals surface area contributed by atoms with Crippen LogP contribution < -0.4 is 10.1 Å². The van der Waals surface area contributed by atoms with Crippen molar-refractivity contribution >= 4 is 0 Å². The van der Waals surface area contributed by atoms with Crippen molar-refractivity contribution in [1.29, 1.82) is 0 Å². The van der Waals surface area contributed by atoms with Gasteiger partial charge >= 0.3 is 0 Å². The van der Waals surface area contributed by atoms with E-state index in [4.69, 9.17) is 4.74 Å². The normalized spacial score (nSPS) is 14.6. The minimum absolute atomic E-state index is 0.215. The van der Waals surface area contributed by atoms with Gasteiger partial charge in [0, 0.05) is 19.1 Å². The lowest BCUT2D eigenvalue weighted by atomic mass is 10.1. The van der Waals surface area contributed by atoms with Gasteiger partial charge in [-0.3, -0.25) is 0 Å². The molecule has 0 aliphatic rings. The molecule has 18 heavy (non-hydrogen) atoms. The highest BCUT2D eigenvalue weighted by atomic mass is 16.5. The summed E-state index contributed by atoms with van der Waals surface area (Å²) in [5.41, 5.74) is 1.19. The highest BCUT2D eigenvalue weighted by Crippen LogP contribution is 2.16. The summed E-state index contributed by atoms with van der Waals surface area (Å²) in [6.45, 7) is 3.35. The Bertz CT molecular complexity index is 338. The molecule has 0 saturated heterocycles. The van der Waals surface area contributed by atoms with Gasteiger partial charge in [-0.05, 0) is 38.7 Å². The number of methoxy groups -OCH3 is 1. The van der Waals surface area contributed by atoms with E-state index in [0.717, 1.165) is 5.75 Å². The number of ether oxygens (including phenoxy) is 1. The number of hydrogen-bond acceptors (Lipinski definition) is 4. The number of nitrogens with one attached hydrogen (secondary N) is 1. The van der Waals surface area contributed by atoms with E-state index in [2.05, 4.69) is 12.2 Å². The number of aliphatic hydroxyl groups is 1. The van der Waals surface area contributed by atoms with Crippen LogP contribution in [-0.2, 0) is 0 Å². The fourth-order valence-electron chi connectivity index (χ4n) is 1.81. The number of aliphatic hydroxyl groups excluding tert-OH is 1. The Labute approximate surface area is 110 Å². The Morgan fingerprint density at radius 2 is 1.89 bits per heavy atom. The van der Waals surface area contributed by atoms with Crippen LogP contribution in [0.25, 0.3) is 0 Å². The van der Waals surface area contributed by atoms with Crippen molar-refractivity contribution in [3.8, 4) is 5.75 Å². The van der Waals surface area contributed by atoms with Crippen LogP contribution in [0.1, 0.15) is 18.5 Å². The molecule has 0 amide bonds. The van der Waals surface area contributed by atoms with Crippen LogP contribution in [0.5, 0.6) is 5.75 Å². The first-order valence-corrected chi connectivity index (χ1v) is 6.23.